The predicted molar refractivity (Wildman–Crippen MR) is 72.9 cm³/mol. The minimum absolute atomic E-state index is 0.535. The third-order valence-electron chi connectivity index (χ3n) is 2.94. The van der Waals surface area contributed by atoms with Crippen molar-refractivity contribution in [1.29, 1.82) is 0 Å². The highest BCUT2D eigenvalue weighted by Crippen LogP contribution is 2.18. The molecule has 100 valence electrons. The van der Waals surface area contributed by atoms with Gasteiger partial charge in [0.15, 0.2) is 0 Å². The van der Waals surface area contributed by atoms with E-state index in [-0.39, 0.29) is 0 Å². The SMILES string of the molecule is CC(=NO)c1ccccc1OCCn1ccnc1C. The second kappa shape index (κ2) is 6.04. The van der Waals surface area contributed by atoms with Crippen LogP contribution in [-0.4, -0.2) is 27.1 Å². The summed E-state index contributed by atoms with van der Waals surface area (Å²) < 4.78 is 7.77. The topological polar surface area (TPSA) is 59.6 Å². The summed E-state index contributed by atoms with van der Waals surface area (Å²) in [5.41, 5.74) is 1.33. The van der Waals surface area contributed by atoms with Crippen LogP contribution in [0.5, 0.6) is 5.75 Å². The van der Waals surface area contributed by atoms with Gasteiger partial charge in [0.05, 0.1) is 12.3 Å². The maximum Gasteiger partial charge on any atom is 0.128 e. The molecule has 5 heteroatoms. The molecule has 0 saturated heterocycles. The lowest BCUT2D eigenvalue weighted by molar-refractivity contribution is 0.295. The first-order valence-electron chi connectivity index (χ1n) is 6.11. The summed E-state index contributed by atoms with van der Waals surface area (Å²) in [6.45, 7) is 4.96. The van der Waals surface area contributed by atoms with Gasteiger partial charge >= 0.3 is 0 Å². The van der Waals surface area contributed by atoms with Crippen molar-refractivity contribution in [2.75, 3.05) is 6.61 Å². The second-order valence-corrected chi connectivity index (χ2v) is 4.20. The molecule has 0 fully saturated rings. The van der Waals surface area contributed by atoms with Crippen LogP contribution in [0.2, 0.25) is 0 Å². The van der Waals surface area contributed by atoms with E-state index in [4.69, 9.17) is 9.94 Å². The zero-order chi connectivity index (χ0) is 13.7. The molecule has 0 amide bonds. The number of nitrogens with zero attached hydrogens (tertiary/aromatic N) is 3. The lowest BCUT2D eigenvalue weighted by Gasteiger charge is -2.11. The van der Waals surface area contributed by atoms with Gasteiger partial charge in [-0.2, -0.15) is 0 Å². The number of rotatable bonds is 5. The molecule has 1 aromatic carbocycles. The van der Waals surface area contributed by atoms with E-state index in [0.717, 1.165) is 23.7 Å². The standard InChI is InChI=1S/C14H17N3O2/c1-11(16-18)13-5-3-4-6-14(13)19-10-9-17-8-7-15-12(17)2/h3-8,18H,9-10H2,1-2H3. The van der Waals surface area contributed by atoms with Gasteiger partial charge in [-0.25, -0.2) is 4.98 Å². The molecular weight excluding hydrogens is 242 g/mol. The fraction of sp³-hybridized carbons (Fsp3) is 0.286. The smallest absolute Gasteiger partial charge is 0.128 e. The Morgan fingerprint density at radius 2 is 2.21 bits per heavy atom. The van der Waals surface area contributed by atoms with Crippen molar-refractivity contribution in [3.8, 4) is 5.75 Å². The van der Waals surface area contributed by atoms with E-state index in [1.807, 2.05) is 42.0 Å². The van der Waals surface area contributed by atoms with Gasteiger partial charge in [-0.1, -0.05) is 17.3 Å². The van der Waals surface area contributed by atoms with Gasteiger partial charge in [0.2, 0.25) is 0 Å². The van der Waals surface area contributed by atoms with Gasteiger partial charge in [0.25, 0.3) is 0 Å². The molecule has 2 rings (SSSR count). The molecule has 19 heavy (non-hydrogen) atoms. The normalized spacial score (nSPS) is 11.6. The monoisotopic (exact) mass is 259 g/mol. The number of benzene rings is 1. The summed E-state index contributed by atoms with van der Waals surface area (Å²) in [6.07, 6.45) is 3.69. The van der Waals surface area contributed by atoms with E-state index in [1.165, 1.54) is 0 Å². The molecule has 2 aromatic rings. The zero-order valence-corrected chi connectivity index (χ0v) is 11.1. The Morgan fingerprint density at radius 1 is 1.42 bits per heavy atom. The van der Waals surface area contributed by atoms with E-state index in [9.17, 15) is 0 Å². The van der Waals surface area contributed by atoms with E-state index in [1.54, 1.807) is 13.1 Å². The lowest BCUT2D eigenvalue weighted by atomic mass is 10.1. The summed E-state index contributed by atoms with van der Waals surface area (Å²) >= 11 is 0. The Bertz CT molecular complexity index is 576. The highest BCUT2D eigenvalue weighted by atomic mass is 16.5. The van der Waals surface area contributed by atoms with Crippen LogP contribution in [-0.2, 0) is 6.54 Å². The number of oxime groups is 1. The molecule has 1 heterocycles. The Morgan fingerprint density at radius 3 is 2.89 bits per heavy atom. The minimum atomic E-state index is 0.535. The van der Waals surface area contributed by atoms with Crippen molar-refractivity contribution in [3.05, 3.63) is 48.0 Å². The van der Waals surface area contributed by atoms with Crippen LogP contribution in [0.15, 0.2) is 41.8 Å². The maximum absolute atomic E-state index is 8.84. The molecule has 1 aromatic heterocycles. The molecule has 0 atom stereocenters. The molecule has 0 spiro atoms. The molecule has 0 radical (unpaired) electrons. The van der Waals surface area contributed by atoms with Crippen LogP contribution in [0.3, 0.4) is 0 Å². The molecule has 0 unspecified atom stereocenters. The van der Waals surface area contributed by atoms with Gasteiger partial charge in [-0.3, -0.25) is 0 Å². The Balaban J connectivity index is 2.02. The van der Waals surface area contributed by atoms with Crippen molar-refractivity contribution in [1.82, 2.24) is 9.55 Å². The number of hydrogen-bond donors (Lipinski definition) is 1. The first-order valence-corrected chi connectivity index (χ1v) is 6.11. The molecular formula is C14H17N3O2. The zero-order valence-electron chi connectivity index (χ0n) is 11.1. The Labute approximate surface area is 112 Å². The first-order chi connectivity index (χ1) is 9.22. The molecule has 0 aliphatic carbocycles. The van der Waals surface area contributed by atoms with Crippen LogP contribution in [0.4, 0.5) is 0 Å². The largest absolute Gasteiger partial charge is 0.491 e. The van der Waals surface area contributed by atoms with Gasteiger partial charge in [-0.15, -0.1) is 0 Å². The summed E-state index contributed by atoms with van der Waals surface area (Å²) in [6, 6.07) is 7.51. The summed E-state index contributed by atoms with van der Waals surface area (Å²) in [5, 5.41) is 12.1. The van der Waals surface area contributed by atoms with Gasteiger partial charge in [0.1, 0.15) is 18.2 Å². The molecule has 0 saturated carbocycles. The number of aromatic nitrogens is 2. The van der Waals surface area contributed by atoms with Crippen molar-refractivity contribution in [2.24, 2.45) is 5.16 Å². The van der Waals surface area contributed by atoms with Crippen LogP contribution >= 0.6 is 0 Å². The molecule has 0 aliphatic rings. The average molecular weight is 259 g/mol. The lowest BCUT2D eigenvalue weighted by Crippen LogP contribution is -2.10. The highest BCUT2D eigenvalue weighted by Gasteiger charge is 2.06. The first kappa shape index (κ1) is 13.1. The van der Waals surface area contributed by atoms with E-state index in [2.05, 4.69) is 10.1 Å². The molecule has 1 N–H and O–H groups in total. The summed E-state index contributed by atoms with van der Waals surface area (Å²) in [5.74, 6) is 1.68. The summed E-state index contributed by atoms with van der Waals surface area (Å²) in [4.78, 5) is 4.16. The Hall–Kier alpha value is -2.30. The fourth-order valence-electron chi connectivity index (χ4n) is 1.84. The third-order valence-corrected chi connectivity index (χ3v) is 2.94. The van der Waals surface area contributed by atoms with E-state index in [0.29, 0.717) is 12.3 Å². The van der Waals surface area contributed by atoms with Crippen LogP contribution < -0.4 is 4.74 Å². The quantitative estimate of drug-likeness (QED) is 0.510. The highest BCUT2D eigenvalue weighted by molar-refractivity contribution is 6.00. The van der Waals surface area contributed by atoms with Crippen molar-refractivity contribution in [3.63, 3.8) is 0 Å². The van der Waals surface area contributed by atoms with Crippen LogP contribution in [0.1, 0.15) is 18.3 Å². The third kappa shape index (κ3) is 3.13. The van der Waals surface area contributed by atoms with E-state index < -0.39 is 0 Å². The maximum atomic E-state index is 8.84. The molecule has 5 nitrogen and oxygen atoms in total. The number of hydrogen-bond acceptors (Lipinski definition) is 4. The van der Waals surface area contributed by atoms with Crippen molar-refractivity contribution in [2.45, 2.75) is 20.4 Å². The predicted octanol–water partition coefficient (Wildman–Crippen LogP) is 2.47. The number of imidazole rings is 1. The van der Waals surface area contributed by atoms with Gasteiger partial charge in [0, 0.05) is 18.0 Å². The molecule has 0 bridgehead atoms. The van der Waals surface area contributed by atoms with Gasteiger partial charge < -0.3 is 14.5 Å². The Kier molecular flexibility index (Phi) is 4.18. The van der Waals surface area contributed by atoms with Crippen LogP contribution in [0.25, 0.3) is 0 Å². The van der Waals surface area contributed by atoms with Crippen molar-refractivity contribution >= 4 is 5.71 Å². The van der Waals surface area contributed by atoms with E-state index >= 15 is 0 Å². The second-order valence-electron chi connectivity index (χ2n) is 4.20. The molecule has 0 aliphatic heterocycles. The van der Waals surface area contributed by atoms with Crippen LogP contribution in [0, 0.1) is 6.92 Å². The summed E-state index contributed by atoms with van der Waals surface area (Å²) in [7, 11) is 0. The number of aryl methyl sites for hydroxylation is 1. The minimum Gasteiger partial charge on any atom is -0.491 e. The average Bonchev–Trinajstić information content (AvgIpc) is 2.84. The fourth-order valence-corrected chi connectivity index (χ4v) is 1.84. The number of para-hydroxylation sites is 1. The van der Waals surface area contributed by atoms with Gasteiger partial charge in [-0.05, 0) is 26.0 Å². The number of ether oxygens (including phenoxy) is 1. The van der Waals surface area contributed by atoms with Crippen molar-refractivity contribution < 1.29 is 9.94 Å².